The number of nitrogens with zero attached hydrogens (tertiary/aromatic N) is 1. The molecule has 0 radical (unpaired) electrons. The lowest BCUT2D eigenvalue weighted by Crippen LogP contribution is -2.43. The summed E-state index contributed by atoms with van der Waals surface area (Å²) in [7, 11) is 0. The summed E-state index contributed by atoms with van der Waals surface area (Å²) in [5, 5.41) is 9.06. The topological polar surface area (TPSA) is 57.6 Å². The van der Waals surface area contributed by atoms with E-state index in [4.69, 9.17) is 0 Å². The van der Waals surface area contributed by atoms with E-state index in [1.807, 2.05) is 31.2 Å². The van der Waals surface area contributed by atoms with E-state index in [-0.39, 0.29) is 17.7 Å². The predicted octanol–water partition coefficient (Wildman–Crippen LogP) is 2.34. The molecule has 2 atom stereocenters. The number of thiol groups is 1. The molecule has 1 aliphatic heterocycles. The first-order valence-corrected chi connectivity index (χ1v) is 8.05. The maximum Gasteiger partial charge on any atom is 0.327 e. The Morgan fingerprint density at radius 1 is 1.40 bits per heavy atom. The molecule has 0 aliphatic carbocycles. The summed E-state index contributed by atoms with van der Waals surface area (Å²) < 4.78 is 0. The Morgan fingerprint density at radius 2 is 2.05 bits per heavy atom. The van der Waals surface area contributed by atoms with E-state index in [1.165, 1.54) is 16.7 Å². The van der Waals surface area contributed by atoms with Gasteiger partial charge in [-0.15, -0.1) is 11.8 Å². The van der Waals surface area contributed by atoms with Gasteiger partial charge in [-0.05, 0) is 18.2 Å². The molecule has 1 aromatic rings. The van der Waals surface area contributed by atoms with Crippen LogP contribution in [-0.4, -0.2) is 39.4 Å². The standard InChI is InChI=1S/C14H17NO3S2/c1-9-2-4-10(5-3-9)13-15(12(16)6-7-19)11(8-20-13)14(17)18/h2-5,11,13,19H,6-8H2,1H3,(H,17,18)/t11-,13+/m0/s1. The van der Waals surface area contributed by atoms with Crippen LogP contribution in [0.4, 0.5) is 0 Å². The van der Waals surface area contributed by atoms with E-state index in [2.05, 4.69) is 12.6 Å². The molecule has 0 spiro atoms. The molecule has 0 bridgehead atoms. The zero-order chi connectivity index (χ0) is 14.7. The Labute approximate surface area is 128 Å². The molecular formula is C14H17NO3S2. The van der Waals surface area contributed by atoms with Gasteiger partial charge in [-0.2, -0.15) is 12.6 Å². The summed E-state index contributed by atoms with van der Waals surface area (Å²) in [6.45, 7) is 2.00. The average Bonchev–Trinajstić information content (AvgIpc) is 2.84. The number of thioether (sulfide) groups is 1. The van der Waals surface area contributed by atoms with Gasteiger partial charge in [-0.25, -0.2) is 4.79 Å². The first-order chi connectivity index (χ1) is 9.54. The second-order valence-corrected chi connectivity index (χ2v) is 6.29. The first kappa shape index (κ1) is 15.3. The number of hydrogen-bond donors (Lipinski definition) is 2. The molecule has 0 unspecified atom stereocenters. The number of hydrogen-bond acceptors (Lipinski definition) is 4. The molecule has 6 heteroatoms. The Morgan fingerprint density at radius 3 is 2.60 bits per heavy atom. The number of aryl methyl sites for hydroxylation is 1. The van der Waals surface area contributed by atoms with Crippen molar-refractivity contribution in [2.24, 2.45) is 0 Å². The molecule has 2 rings (SSSR count). The number of benzene rings is 1. The van der Waals surface area contributed by atoms with E-state index in [9.17, 15) is 14.7 Å². The van der Waals surface area contributed by atoms with Crippen molar-refractivity contribution < 1.29 is 14.7 Å². The summed E-state index contributed by atoms with van der Waals surface area (Å²) in [5.74, 6) is -0.248. The highest BCUT2D eigenvalue weighted by atomic mass is 32.2. The average molecular weight is 311 g/mol. The Bertz CT molecular complexity index is 504. The molecule has 1 heterocycles. The van der Waals surface area contributed by atoms with Gasteiger partial charge in [-0.3, -0.25) is 4.79 Å². The van der Waals surface area contributed by atoms with Crippen molar-refractivity contribution in [2.75, 3.05) is 11.5 Å². The van der Waals surface area contributed by atoms with E-state index in [1.54, 1.807) is 0 Å². The third-order valence-electron chi connectivity index (χ3n) is 3.26. The molecule has 1 aromatic carbocycles. The SMILES string of the molecule is Cc1ccc([C@H]2SC[C@@H](C(=O)O)N2C(=O)CCS)cc1. The van der Waals surface area contributed by atoms with Crippen molar-refractivity contribution in [3.05, 3.63) is 35.4 Å². The van der Waals surface area contributed by atoms with Gasteiger partial charge in [0.1, 0.15) is 11.4 Å². The highest BCUT2D eigenvalue weighted by Gasteiger charge is 2.41. The third kappa shape index (κ3) is 3.12. The van der Waals surface area contributed by atoms with Crippen LogP contribution in [0.3, 0.4) is 0 Å². The summed E-state index contributed by atoms with van der Waals surface area (Å²) in [5.41, 5.74) is 2.11. The zero-order valence-corrected chi connectivity index (χ0v) is 12.9. The van der Waals surface area contributed by atoms with Crippen molar-refractivity contribution >= 4 is 36.3 Å². The first-order valence-electron chi connectivity index (χ1n) is 6.37. The van der Waals surface area contributed by atoms with E-state index < -0.39 is 12.0 Å². The molecule has 1 saturated heterocycles. The molecule has 0 saturated carbocycles. The monoisotopic (exact) mass is 311 g/mol. The highest BCUT2D eigenvalue weighted by molar-refractivity contribution is 7.99. The second-order valence-electron chi connectivity index (χ2n) is 4.73. The number of carbonyl (C=O) groups is 2. The van der Waals surface area contributed by atoms with Crippen LogP contribution in [0.5, 0.6) is 0 Å². The fraction of sp³-hybridized carbons (Fsp3) is 0.429. The number of carboxylic acids is 1. The van der Waals surface area contributed by atoms with Crippen LogP contribution in [0.25, 0.3) is 0 Å². The smallest absolute Gasteiger partial charge is 0.327 e. The number of rotatable bonds is 4. The van der Waals surface area contributed by atoms with Gasteiger partial charge < -0.3 is 10.0 Å². The summed E-state index contributed by atoms with van der Waals surface area (Å²) in [6.07, 6.45) is 0.260. The lowest BCUT2D eigenvalue weighted by atomic mass is 10.1. The minimum Gasteiger partial charge on any atom is -0.480 e. The maximum absolute atomic E-state index is 12.2. The quantitative estimate of drug-likeness (QED) is 0.838. The summed E-state index contributed by atoms with van der Waals surface area (Å²) >= 11 is 5.56. The van der Waals surface area contributed by atoms with Gasteiger partial charge in [0, 0.05) is 12.2 Å². The van der Waals surface area contributed by atoms with Crippen LogP contribution in [0.15, 0.2) is 24.3 Å². The largest absolute Gasteiger partial charge is 0.480 e. The van der Waals surface area contributed by atoms with Gasteiger partial charge >= 0.3 is 5.97 Å². The third-order valence-corrected chi connectivity index (χ3v) is 4.81. The lowest BCUT2D eigenvalue weighted by molar-refractivity contribution is -0.149. The lowest BCUT2D eigenvalue weighted by Gasteiger charge is -2.27. The van der Waals surface area contributed by atoms with E-state index >= 15 is 0 Å². The Hall–Kier alpha value is -1.14. The molecule has 1 N–H and O–H groups in total. The molecule has 108 valence electrons. The summed E-state index contributed by atoms with van der Waals surface area (Å²) in [6, 6.07) is 7.12. The minimum atomic E-state index is -0.945. The Kier molecular flexibility index (Phi) is 4.99. The number of amides is 1. The van der Waals surface area contributed by atoms with Crippen molar-refractivity contribution in [2.45, 2.75) is 24.8 Å². The molecule has 1 fully saturated rings. The van der Waals surface area contributed by atoms with Crippen molar-refractivity contribution in [1.29, 1.82) is 0 Å². The van der Waals surface area contributed by atoms with Crippen LogP contribution >= 0.6 is 24.4 Å². The normalized spacial score (nSPS) is 22.0. The fourth-order valence-electron chi connectivity index (χ4n) is 2.21. The van der Waals surface area contributed by atoms with Crippen LogP contribution < -0.4 is 0 Å². The number of aliphatic carboxylic acids is 1. The number of carboxylic acid groups (broad SMARTS) is 1. The van der Waals surface area contributed by atoms with Crippen LogP contribution in [0, 0.1) is 6.92 Å². The van der Waals surface area contributed by atoms with Crippen LogP contribution in [0.1, 0.15) is 22.9 Å². The molecule has 1 amide bonds. The van der Waals surface area contributed by atoms with Gasteiger partial charge in [0.25, 0.3) is 0 Å². The zero-order valence-electron chi connectivity index (χ0n) is 11.2. The van der Waals surface area contributed by atoms with E-state index in [0.717, 1.165) is 11.1 Å². The predicted molar refractivity (Wildman–Crippen MR) is 83.1 cm³/mol. The molecule has 20 heavy (non-hydrogen) atoms. The van der Waals surface area contributed by atoms with Gasteiger partial charge in [-0.1, -0.05) is 29.8 Å². The molecule has 1 aliphatic rings. The molecular weight excluding hydrogens is 294 g/mol. The number of carbonyl (C=O) groups excluding carboxylic acids is 1. The highest BCUT2D eigenvalue weighted by Crippen LogP contribution is 2.41. The van der Waals surface area contributed by atoms with E-state index in [0.29, 0.717) is 11.5 Å². The second kappa shape index (κ2) is 6.54. The maximum atomic E-state index is 12.2. The Balaban J connectivity index is 2.29. The van der Waals surface area contributed by atoms with Crippen molar-refractivity contribution in [1.82, 2.24) is 4.90 Å². The van der Waals surface area contributed by atoms with Gasteiger partial charge in [0.2, 0.25) is 5.91 Å². The van der Waals surface area contributed by atoms with Gasteiger partial charge in [0.15, 0.2) is 0 Å². The summed E-state index contributed by atoms with van der Waals surface area (Å²) in [4.78, 5) is 25.0. The van der Waals surface area contributed by atoms with Crippen molar-refractivity contribution in [3.8, 4) is 0 Å². The molecule has 0 aromatic heterocycles. The van der Waals surface area contributed by atoms with Crippen LogP contribution in [0.2, 0.25) is 0 Å². The minimum absolute atomic E-state index is 0.150. The fourth-order valence-corrected chi connectivity index (χ4v) is 3.85. The van der Waals surface area contributed by atoms with Crippen LogP contribution in [-0.2, 0) is 9.59 Å². The van der Waals surface area contributed by atoms with Crippen molar-refractivity contribution in [3.63, 3.8) is 0 Å². The van der Waals surface area contributed by atoms with Gasteiger partial charge in [0.05, 0.1) is 0 Å². The molecule has 4 nitrogen and oxygen atoms in total.